The van der Waals surface area contributed by atoms with Crippen LogP contribution in [0.1, 0.15) is 0 Å². The molecule has 0 aliphatic carbocycles. The number of rotatable bonds is 6. The number of methoxy groups -OCH3 is 1. The molecule has 0 aliphatic heterocycles. The number of phenols is 1. The highest BCUT2D eigenvalue weighted by atomic mass is 32.2. The number of benzene rings is 3. The molecule has 164 valence electrons. The molecular weight excluding hydrogens is 449 g/mol. The van der Waals surface area contributed by atoms with Crippen LogP contribution in [0.3, 0.4) is 0 Å². The normalized spacial score (nSPS) is 11.3. The molecule has 3 rings (SSSR count). The van der Waals surface area contributed by atoms with Crippen molar-refractivity contribution in [3.63, 3.8) is 0 Å². The maximum Gasteiger partial charge on any atom is 0.267 e. The summed E-state index contributed by atoms with van der Waals surface area (Å²) in [5.41, 5.74) is -0.484. The van der Waals surface area contributed by atoms with Gasteiger partial charge < -0.3 is 14.6 Å². The van der Waals surface area contributed by atoms with Gasteiger partial charge in [-0.15, -0.1) is 0 Å². The SMILES string of the molecule is COc1ccc(NS(=O)(=O)c2c(F)c(F)c(Oc3ccc(O)cc3)c(F)c2F)cc1F. The van der Waals surface area contributed by atoms with E-state index < -0.39 is 55.4 Å². The number of sulfonamides is 1. The second-order valence-corrected chi connectivity index (χ2v) is 7.58. The average Bonchev–Trinajstić information content (AvgIpc) is 2.71. The zero-order valence-electron chi connectivity index (χ0n) is 15.4. The topological polar surface area (TPSA) is 84.9 Å². The van der Waals surface area contributed by atoms with Crippen molar-refractivity contribution in [2.45, 2.75) is 4.90 Å². The summed E-state index contributed by atoms with van der Waals surface area (Å²) in [5, 5.41) is 9.19. The Labute approximate surface area is 172 Å². The third kappa shape index (κ3) is 4.33. The smallest absolute Gasteiger partial charge is 0.267 e. The third-order valence-electron chi connectivity index (χ3n) is 3.91. The van der Waals surface area contributed by atoms with E-state index in [4.69, 9.17) is 4.74 Å². The van der Waals surface area contributed by atoms with Crippen LogP contribution in [0.4, 0.5) is 27.6 Å². The summed E-state index contributed by atoms with van der Waals surface area (Å²) >= 11 is 0. The summed E-state index contributed by atoms with van der Waals surface area (Å²) in [4.78, 5) is -1.96. The number of aromatic hydroxyl groups is 1. The summed E-state index contributed by atoms with van der Waals surface area (Å²) < 4.78 is 107. The van der Waals surface area contributed by atoms with Gasteiger partial charge in [-0.2, -0.15) is 8.78 Å². The number of hydrogen-bond acceptors (Lipinski definition) is 5. The molecule has 0 aliphatic rings. The number of halogens is 5. The summed E-state index contributed by atoms with van der Waals surface area (Å²) in [7, 11) is -4.07. The van der Waals surface area contributed by atoms with E-state index in [-0.39, 0.29) is 17.2 Å². The molecular formula is C19H12F5NO5S. The lowest BCUT2D eigenvalue weighted by molar-refractivity contribution is 0.350. The molecule has 2 N–H and O–H groups in total. The van der Waals surface area contributed by atoms with Crippen LogP contribution in [0.5, 0.6) is 23.0 Å². The van der Waals surface area contributed by atoms with E-state index in [1.54, 1.807) is 4.72 Å². The summed E-state index contributed by atoms with van der Waals surface area (Å²) in [6.07, 6.45) is 0. The summed E-state index contributed by atoms with van der Waals surface area (Å²) in [5.74, 6) is -12.0. The predicted molar refractivity (Wildman–Crippen MR) is 98.2 cm³/mol. The van der Waals surface area contributed by atoms with Gasteiger partial charge in [-0.05, 0) is 36.4 Å². The predicted octanol–water partition coefficient (Wildman–Crippen LogP) is 4.69. The fraction of sp³-hybridized carbons (Fsp3) is 0.0526. The van der Waals surface area contributed by atoms with Crippen molar-refractivity contribution in [2.75, 3.05) is 11.8 Å². The minimum absolute atomic E-state index is 0.215. The quantitative estimate of drug-likeness (QED) is 0.411. The molecule has 0 amide bonds. The second-order valence-electron chi connectivity index (χ2n) is 5.96. The fourth-order valence-electron chi connectivity index (χ4n) is 2.49. The van der Waals surface area contributed by atoms with E-state index in [0.29, 0.717) is 6.07 Å². The molecule has 12 heteroatoms. The van der Waals surface area contributed by atoms with E-state index >= 15 is 0 Å². The van der Waals surface area contributed by atoms with Gasteiger partial charge in [-0.1, -0.05) is 0 Å². The number of ether oxygens (including phenoxy) is 2. The first-order valence-corrected chi connectivity index (χ1v) is 9.72. The van der Waals surface area contributed by atoms with Crippen molar-refractivity contribution in [1.29, 1.82) is 0 Å². The average molecular weight is 461 g/mol. The number of anilines is 1. The fourth-order valence-corrected chi connectivity index (χ4v) is 3.68. The maximum absolute atomic E-state index is 14.5. The zero-order chi connectivity index (χ0) is 22.9. The van der Waals surface area contributed by atoms with Crippen LogP contribution in [-0.4, -0.2) is 20.6 Å². The van der Waals surface area contributed by atoms with Gasteiger partial charge in [0, 0.05) is 6.07 Å². The van der Waals surface area contributed by atoms with Gasteiger partial charge in [-0.3, -0.25) is 4.72 Å². The highest BCUT2D eigenvalue weighted by Crippen LogP contribution is 2.36. The highest BCUT2D eigenvalue weighted by Gasteiger charge is 2.34. The molecule has 0 radical (unpaired) electrons. The van der Waals surface area contributed by atoms with Crippen LogP contribution in [0.15, 0.2) is 47.4 Å². The van der Waals surface area contributed by atoms with Gasteiger partial charge >= 0.3 is 0 Å². The largest absolute Gasteiger partial charge is 0.508 e. The Morgan fingerprint density at radius 3 is 1.97 bits per heavy atom. The molecule has 6 nitrogen and oxygen atoms in total. The van der Waals surface area contributed by atoms with Crippen molar-refractivity contribution in [1.82, 2.24) is 0 Å². The molecule has 0 saturated heterocycles. The van der Waals surface area contributed by atoms with Gasteiger partial charge in [-0.25, -0.2) is 21.6 Å². The van der Waals surface area contributed by atoms with Crippen molar-refractivity contribution in [3.8, 4) is 23.0 Å². The van der Waals surface area contributed by atoms with E-state index in [2.05, 4.69) is 4.74 Å². The maximum atomic E-state index is 14.5. The van der Waals surface area contributed by atoms with Crippen LogP contribution in [0, 0.1) is 29.1 Å². The second kappa shape index (κ2) is 8.30. The van der Waals surface area contributed by atoms with Gasteiger partial charge in [0.1, 0.15) is 11.5 Å². The standard InChI is InChI=1S/C19H12F5NO5S/c1-29-13-7-2-9(8-12(13)20)25-31(27,28)19-16(23)14(21)18(15(22)17(19)24)30-11-5-3-10(26)4-6-11/h2-8,25-26H,1H3. The first-order chi connectivity index (χ1) is 14.5. The lowest BCUT2D eigenvalue weighted by Gasteiger charge is -2.14. The Balaban J connectivity index is 2.03. The highest BCUT2D eigenvalue weighted by molar-refractivity contribution is 7.92. The third-order valence-corrected chi connectivity index (χ3v) is 5.31. The van der Waals surface area contributed by atoms with Crippen LogP contribution in [0.2, 0.25) is 0 Å². The molecule has 3 aromatic rings. The van der Waals surface area contributed by atoms with Crippen LogP contribution < -0.4 is 14.2 Å². The summed E-state index contributed by atoms with van der Waals surface area (Å²) in [6.45, 7) is 0. The van der Waals surface area contributed by atoms with Crippen LogP contribution in [0.25, 0.3) is 0 Å². The molecule has 0 aromatic heterocycles. The van der Waals surface area contributed by atoms with Crippen molar-refractivity contribution in [3.05, 3.63) is 71.6 Å². The van der Waals surface area contributed by atoms with Crippen molar-refractivity contribution in [2.24, 2.45) is 0 Å². The van der Waals surface area contributed by atoms with E-state index in [1.165, 1.54) is 0 Å². The lowest BCUT2D eigenvalue weighted by atomic mass is 10.2. The Bertz CT molecular complexity index is 1220. The van der Waals surface area contributed by atoms with Crippen molar-refractivity contribution < 1.29 is 45.0 Å². The van der Waals surface area contributed by atoms with Crippen molar-refractivity contribution >= 4 is 15.7 Å². The molecule has 3 aromatic carbocycles. The lowest BCUT2D eigenvalue weighted by Crippen LogP contribution is -2.19. The van der Waals surface area contributed by atoms with Crippen LogP contribution >= 0.6 is 0 Å². The molecule has 0 heterocycles. The Morgan fingerprint density at radius 2 is 1.45 bits per heavy atom. The van der Waals surface area contributed by atoms with E-state index in [0.717, 1.165) is 43.5 Å². The van der Waals surface area contributed by atoms with Gasteiger partial charge in [0.2, 0.25) is 17.4 Å². The van der Waals surface area contributed by atoms with E-state index in [9.17, 15) is 35.5 Å². The van der Waals surface area contributed by atoms with Gasteiger partial charge in [0.05, 0.1) is 12.8 Å². The minimum Gasteiger partial charge on any atom is -0.508 e. The van der Waals surface area contributed by atoms with E-state index in [1.807, 2.05) is 0 Å². The van der Waals surface area contributed by atoms with Crippen LogP contribution in [-0.2, 0) is 10.0 Å². The Morgan fingerprint density at radius 1 is 0.871 bits per heavy atom. The Hall–Kier alpha value is -3.54. The number of hydrogen-bond donors (Lipinski definition) is 2. The Kier molecular flexibility index (Phi) is 5.93. The zero-order valence-corrected chi connectivity index (χ0v) is 16.2. The van der Waals surface area contributed by atoms with Gasteiger partial charge in [0.15, 0.2) is 28.1 Å². The number of phenolic OH excluding ortho intramolecular Hbond substituents is 1. The molecule has 0 spiro atoms. The first kappa shape index (κ1) is 22.2. The molecule has 0 bridgehead atoms. The monoisotopic (exact) mass is 461 g/mol. The minimum atomic E-state index is -5.23. The molecule has 31 heavy (non-hydrogen) atoms. The summed E-state index contributed by atoms with van der Waals surface area (Å²) in [6, 6.07) is 6.92. The van der Waals surface area contributed by atoms with Gasteiger partial charge in [0.25, 0.3) is 10.0 Å². The molecule has 0 unspecified atom stereocenters. The number of nitrogens with one attached hydrogen (secondary N) is 1. The molecule has 0 saturated carbocycles. The molecule has 0 fully saturated rings. The molecule has 0 atom stereocenters. The first-order valence-electron chi connectivity index (χ1n) is 8.24.